The Balaban J connectivity index is -0.000000619. The molecule has 0 aromatic heterocycles. The first kappa shape index (κ1) is 46.3. The van der Waals surface area contributed by atoms with E-state index in [2.05, 4.69) is 13.8 Å². The van der Waals surface area contributed by atoms with E-state index in [0.29, 0.717) is 12.8 Å². The van der Waals surface area contributed by atoms with E-state index >= 15 is 0 Å². The highest BCUT2D eigenvalue weighted by Crippen LogP contribution is 2.14. The molecule has 0 unspecified atom stereocenters. The summed E-state index contributed by atoms with van der Waals surface area (Å²) in [5.74, 6) is -1.31. The molecule has 4 N–H and O–H groups in total. The number of unbranched alkanes of at least 4 members (excludes halogenated alkanes) is 24. The Kier molecular flexibility index (Phi) is 41.9. The highest BCUT2D eigenvalue weighted by Gasteiger charge is 2.13. The highest BCUT2D eigenvalue weighted by molar-refractivity contribution is 5.66. The number of rotatable bonds is 30. The maximum absolute atomic E-state index is 10.3. The van der Waals surface area contributed by atoms with Crippen LogP contribution in [0.3, 0.4) is 0 Å². The molecular weight excluding hydrogens is 540 g/mol. The van der Waals surface area contributed by atoms with Gasteiger partial charge in [0.1, 0.15) is 0 Å². The largest absolute Gasteiger partial charge is 0.481 e. The molecule has 0 fully saturated rings. The number of carbonyl (C=O) groups is 2. The number of aliphatic hydroxyl groups is 2. The zero-order chi connectivity index (χ0) is 32.9. The van der Waals surface area contributed by atoms with Gasteiger partial charge in [-0.05, 0) is 12.8 Å². The molecule has 0 aliphatic heterocycles. The maximum Gasteiger partial charge on any atom is 0.303 e. The molecule has 0 atom stereocenters. The van der Waals surface area contributed by atoms with Crippen molar-refractivity contribution < 1.29 is 30.0 Å². The van der Waals surface area contributed by atoms with Crippen LogP contribution >= 0.6 is 0 Å². The fourth-order valence-electron chi connectivity index (χ4n) is 4.64. The predicted octanol–water partition coefficient (Wildman–Crippen LogP) is 11.1. The minimum absolute atomic E-state index is 0.0451. The lowest BCUT2D eigenvalue weighted by molar-refractivity contribution is -0.138. The van der Waals surface area contributed by atoms with Crippen LogP contribution in [0.1, 0.15) is 207 Å². The van der Waals surface area contributed by atoms with E-state index in [0.717, 1.165) is 25.7 Å². The molecule has 43 heavy (non-hydrogen) atoms. The van der Waals surface area contributed by atoms with Gasteiger partial charge >= 0.3 is 11.9 Å². The molecule has 0 heterocycles. The summed E-state index contributed by atoms with van der Waals surface area (Å²) in [6.07, 6.45) is 34.6. The molecular formula is C37H76O6. The summed E-state index contributed by atoms with van der Waals surface area (Å²) in [5, 5.41) is 33.8. The van der Waals surface area contributed by atoms with E-state index in [-0.39, 0.29) is 18.6 Å². The van der Waals surface area contributed by atoms with Gasteiger partial charge < -0.3 is 20.4 Å². The first-order valence-electron chi connectivity index (χ1n) is 18.3. The highest BCUT2D eigenvalue weighted by atomic mass is 16.4. The van der Waals surface area contributed by atoms with Crippen LogP contribution in [0.15, 0.2) is 0 Å². The molecule has 0 aromatic carbocycles. The quantitative estimate of drug-likeness (QED) is 0.0597. The predicted molar refractivity (Wildman–Crippen MR) is 184 cm³/mol. The molecule has 0 aliphatic carbocycles. The summed E-state index contributed by atoms with van der Waals surface area (Å²) in [5.41, 5.74) is -0.306. The van der Waals surface area contributed by atoms with Crippen molar-refractivity contribution >= 4 is 11.9 Å². The van der Waals surface area contributed by atoms with Gasteiger partial charge in [0.2, 0.25) is 0 Å². The summed E-state index contributed by atoms with van der Waals surface area (Å²) in [6.45, 7) is 8.20. The van der Waals surface area contributed by atoms with Crippen molar-refractivity contribution in [1.82, 2.24) is 0 Å². The van der Waals surface area contributed by atoms with Crippen LogP contribution < -0.4 is 0 Å². The third-order valence-electron chi connectivity index (χ3n) is 7.84. The first-order chi connectivity index (χ1) is 20.7. The van der Waals surface area contributed by atoms with Gasteiger partial charge in [-0.1, -0.05) is 182 Å². The second-order valence-electron chi connectivity index (χ2n) is 13.3. The second kappa shape index (κ2) is 38.9. The van der Waals surface area contributed by atoms with Crippen molar-refractivity contribution in [3.05, 3.63) is 0 Å². The Hall–Kier alpha value is -1.14. The second-order valence-corrected chi connectivity index (χ2v) is 13.3. The average Bonchev–Trinajstić information content (AvgIpc) is 2.98. The molecule has 0 saturated heterocycles. The van der Waals surface area contributed by atoms with Crippen molar-refractivity contribution in [1.29, 1.82) is 0 Å². The van der Waals surface area contributed by atoms with Crippen molar-refractivity contribution in [3.8, 4) is 0 Å². The Bertz CT molecular complexity index is 543. The lowest BCUT2D eigenvalue weighted by atomic mass is 9.97. The molecule has 260 valence electrons. The number of hydrogen-bond donors (Lipinski definition) is 4. The summed E-state index contributed by atoms with van der Waals surface area (Å²) in [7, 11) is 0. The van der Waals surface area contributed by atoms with E-state index in [1.807, 2.05) is 0 Å². The summed E-state index contributed by atoms with van der Waals surface area (Å²) >= 11 is 0. The third kappa shape index (κ3) is 50.8. The molecule has 0 amide bonds. The molecule has 6 nitrogen and oxygen atoms in total. The lowest BCUT2D eigenvalue weighted by Gasteiger charge is -2.16. The SMILES string of the molecule is CC(C)(CO)CO.CCCCCCCCCCCCCC(=O)O.CCCCCCCCCCCCCCCCCC(=O)O. The van der Waals surface area contributed by atoms with E-state index in [9.17, 15) is 9.59 Å². The van der Waals surface area contributed by atoms with Crippen molar-refractivity contribution in [2.24, 2.45) is 5.41 Å². The van der Waals surface area contributed by atoms with Crippen molar-refractivity contribution in [2.45, 2.75) is 207 Å². The molecule has 6 heteroatoms. The fourth-order valence-corrected chi connectivity index (χ4v) is 4.64. The van der Waals surface area contributed by atoms with Gasteiger partial charge in [0.05, 0.1) is 13.2 Å². The minimum atomic E-state index is -0.657. The smallest absolute Gasteiger partial charge is 0.303 e. The van der Waals surface area contributed by atoms with Crippen LogP contribution in [0.4, 0.5) is 0 Å². The van der Waals surface area contributed by atoms with Gasteiger partial charge in [-0.2, -0.15) is 0 Å². The van der Waals surface area contributed by atoms with Crippen LogP contribution in [0.5, 0.6) is 0 Å². The van der Waals surface area contributed by atoms with Gasteiger partial charge in [0, 0.05) is 18.3 Å². The van der Waals surface area contributed by atoms with E-state index in [1.165, 1.54) is 141 Å². The number of carboxylic acids is 2. The van der Waals surface area contributed by atoms with Gasteiger partial charge in [0.15, 0.2) is 0 Å². The van der Waals surface area contributed by atoms with E-state index < -0.39 is 11.9 Å². The maximum atomic E-state index is 10.3. The Morgan fingerprint density at radius 2 is 0.581 bits per heavy atom. The molecule has 0 radical (unpaired) electrons. The van der Waals surface area contributed by atoms with Crippen LogP contribution in [0.25, 0.3) is 0 Å². The summed E-state index contributed by atoms with van der Waals surface area (Å²) in [6, 6.07) is 0. The van der Waals surface area contributed by atoms with Gasteiger partial charge in [-0.3, -0.25) is 9.59 Å². The molecule has 0 aromatic rings. The van der Waals surface area contributed by atoms with Crippen LogP contribution in [-0.2, 0) is 9.59 Å². The van der Waals surface area contributed by atoms with Crippen molar-refractivity contribution in [3.63, 3.8) is 0 Å². The van der Waals surface area contributed by atoms with E-state index in [4.69, 9.17) is 20.4 Å². The standard InChI is InChI=1S/C18H36O2.C14H28O2.C5H12O2/c1-2-3-4-5-6-7-8-9-10-11-12-13-14-15-16-17-18(19)20;1-2-3-4-5-6-7-8-9-10-11-12-13-14(15)16;1-5(2,3-6)4-7/h2-17H2,1H3,(H,19,20);2-13H2,1H3,(H,15,16);6-7H,3-4H2,1-2H3. The van der Waals surface area contributed by atoms with Gasteiger partial charge in [-0.15, -0.1) is 0 Å². The fraction of sp³-hybridized carbons (Fsp3) is 0.946. The Morgan fingerprint density at radius 1 is 0.395 bits per heavy atom. The normalized spacial score (nSPS) is 10.9. The number of carboxylic acid groups (broad SMARTS) is 2. The number of aliphatic carboxylic acids is 2. The minimum Gasteiger partial charge on any atom is -0.481 e. The third-order valence-corrected chi connectivity index (χ3v) is 7.84. The Labute approximate surface area is 267 Å². The average molecular weight is 617 g/mol. The zero-order valence-corrected chi connectivity index (χ0v) is 29.3. The van der Waals surface area contributed by atoms with Crippen LogP contribution in [0.2, 0.25) is 0 Å². The van der Waals surface area contributed by atoms with Gasteiger partial charge in [-0.25, -0.2) is 0 Å². The number of hydrogen-bond acceptors (Lipinski definition) is 4. The first-order valence-corrected chi connectivity index (χ1v) is 18.3. The molecule has 0 spiro atoms. The van der Waals surface area contributed by atoms with Gasteiger partial charge in [0.25, 0.3) is 0 Å². The van der Waals surface area contributed by atoms with Crippen LogP contribution in [-0.4, -0.2) is 45.6 Å². The summed E-state index contributed by atoms with van der Waals surface area (Å²) < 4.78 is 0. The zero-order valence-electron chi connectivity index (χ0n) is 29.3. The lowest BCUT2D eigenvalue weighted by Crippen LogP contribution is -2.20. The Morgan fingerprint density at radius 3 is 0.721 bits per heavy atom. The summed E-state index contributed by atoms with van der Waals surface area (Å²) in [4.78, 5) is 20.6. The monoisotopic (exact) mass is 617 g/mol. The molecule has 0 aliphatic rings. The van der Waals surface area contributed by atoms with Crippen molar-refractivity contribution in [2.75, 3.05) is 13.2 Å². The van der Waals surface area contributed by atoms with Crippen LogP contribution in [0, 0.1) is 5.41 Å². The van der Waals surface area contributed by atoms with E-state index in [1.54, 1.807) is 13.8 Å². The molecule has 0 saturated carbocycles. The number of aliphatic hydroxyl groups excluding tert-OH is 2. The topological polar surface area (TPSA) is 115 Å². The molecule has 0 rings (SSSR count). The molecule has 0 bridgehead atoms.